The Balaban J connectivity index is 1.63. The van der Waals surface area contributed by atoms with E-state index in [0.29, 0.717) is 12.2 Å². The maximum atomic E-state index is 12.1. The van der Waals surface area contributed by atoms with E-state index in [2.05, 4.69) is 27.8 Å². The Morgan fingerprint density at radius 2 is 1.62 bits per heavy atom. The fourth-order valence-electron chi connectivity index (χ4n) is 3.36. The van der Waals surface area contributed by atoms with Gasteiger partial charge in [0, 0.05) is 30.0 Å². The van der Waals surface area contributed by atoms with Crippen LogP contribution < -0.4 is 10.6 Å². The molecule has 2 aromatic rings. The third-order valence-electron chi connectivity index (χ3n) is 4.68. The molecule has 5 heteroatoms. The van der Waals surface area contributed by atoms with Crippen LogP contribution in [0.4, 0.5) is 5.69 Å². The average molecular weight is 323 g/mol. The predicted molar refractivity (Wildman–Crippen MR) is 92.5 cm³/mol. The van der Waals surface area contributed by atoms with Crippen molar-refractivity contribution in [3.8, 4) is 0 Å². The summed E-state index contributed by atoms with van der Waals surface area (Å²) in [6, 6.07) is 13.5. The lowest BCUT2D eigenvalue weighted by Crippen LogP contribution is -2.43. The summed E-state index contributed by atoms with van der Waals surface area (Å²) < 4.78 is 0. The lowest BCUT2D eigenvalue weighted by Gasteiger charge is -2.29. The summed E-state index contributed by atoms with van der Waals surface area (Å²) >= 11 is 0. The van der Waals surface area contributed by atoms with Crippen molar-refractivity contribution in [1.82, 2.24) is 10.3 Å². The van der Waals surface area contributed by atoms with Crippen LogP contribution in [-0.2, 0) is 15.0 Å². The molecule has 0 atom stereocenters. The van der Waals surface area contributed by atoms with Gasteiger partial charge in [-0.2, -0.15) is 0 Å². The molecule has 5 nitrogen and oxygen atoms in total. The molecule has 2 N–H and O–H groups in total. The molecule has 1 heterocycles. The second kappa shape index (κ2) is 7.25. The highest BCUT2D eigenvalue weighted by Crippen LogP contribution is 2.40. The second-order valence-corrected chi connectivity index (χ2v) is 6.23. The lowest BCUT2D eigenvalue weighted by molar-refractivity contribution is -0.136. The molecular weight excluding hydrogens is 302 g/mol. The van der Waals surface area contributed by atoms with Gasteiger partial charge in [-0.3, -0.25) is 14.6 Å². The summed E-state index contributed by atoms with van der Waals surface area (Å²) in [7, 11) is 0. The molecule has 1 saturated carbocycles. The number of amides is 2. The maximum absolute atomic E-state index is 12.1. The topological polar surface area (TPSA) is 71.1 Å². The van der Waals surface area contributed by atoms with Crippen LogP contribution in [0.25, 0.3) is 0 Å². The minimum Gasteiger partial charge on any atom is -0.347 e. The number of pyridine rings is 1. The summed E-state index contributed by atoms with van der Waals surface area (Å²) in [6.45, 7) is 0.486. The number of anilines is 1. The highest BCUT2D eigenvalue weighted by Gasteiger charge is 2.36. The fraction of sp³-hybridized carbons (Fsp3) is 0.316. The van der Waals surface area contributed by atoms with Gasteiger partial charge in [0.25, 0.3) is 0 Å². The zero-order valence-electron chi connectivity index (χ0n) is 13.5. The first-order valence-corrected chi connectivity index (χ1v) is 8.24. The van der Waals surface area contributed by atoms with E-state index in [4.69, 9.17) is 0 Å². The molecule has 124 valence electrons. The van der Waals surface area contributed by atoms with E-state index in [9.17, 15) is 9.59 Å². The fourth-order valence-corrected chi connectivity index (χ4v) is 3.36. The number of carbonyl (C=O) groups excluding carboxylic acids is 2. The summed E-state index contributed by atoms with van der Waals surface area (Å²) in [5, 5.41) is 5.40. The molecule has 0 spiro atoms. The SMILES string of the molecule is O=C(NCC1(c2ccccc2)CCCC1)C(=O)Nc1ccncc1. The van der Waals surface area contributed by atoms with Gasteiger partial charge in [-0.15, -0.1) is 0 Å². The standard InChI is InChI=1S/C19H21N3O2/c23-17(18(24)22-16-8-12-20-13-9-16)21-14-19(10-4-5-11-19)15-6-2-1-3-7-15/h1-3,6-9,12-13H,4-5,10-11,14H2,(H,21,23)(H,20,22,24). The Bertz CT molecular complexity index is 695. The Morgan fingerprint density at radius 3 is 2.29 bits per heavy atom. The van der Waals surface area contributed by atoms with Crippen molar-refractivity contribution in [2.75, 3.05) is 11.9 Å². The number of aromatic nitrogens is 1. The molecule has 1 fully saturated rings. The van der Waals surface area contributed by atoms with Crippen molar-refractivity contribution >= 4 is 17.5 Å². The van der Waals surface area contributed by atoms with Crippen molar-refractivity contribution < 1.29 is 9.59 Å². The number of rotatable bonds is 4. The predicted octanol–water partition coefficient (Wildman–Crippen LogP) is 2.65. The van der Waals surface area contributed by atoms with Gasteiger partial charge in [-0.05, 0) is 30.5 Å². The van der Waals surface area contributed by atoms with Crippen LogP contribution in [0.2, 0.25) is 0 Å². The summed E-state index contributed by atoms with van der Waals surface area (Å²) in [6.07, 6.45) is 7.49. The number of benzene rings is 1. The monoisotopic (exact) mass is 323 g/mol. The first-order chi connectivity index (χ1) is 11.7. The van der Waals surface area contributed by atoms with Crippen LogP contribution in [0.5, 0.6) is 0 Å². The van der Waals surface area contributed by atoms with E-state index in [1.54, 1.807) is 24.5 Å². The number of nitrogens with zero attached hydrogens (tertiary/aromatic N) is 1. The summed E-state index contributed by atoms with van der Waals surface area (Å²) in [5.41, 5.74) is 1.73. The minimum absolute atomic E-state index is 0.0616. The molecular formula is C19H21N3O2. The van der Waals surface area contributed by atoms with Gasteiger partial charge in [0.15, 0.2) is 0 Å². The largest absolute Gasteiger partial charge is 0.347 e. The van der Waals surface area contributed by atoms with Crippen molar-refractivity contribution in [3.63, 3.8) is 0 Å². The van der Waals surface area contributed by atoms with E-state index < -0.39 is 11.8 Å². The van der Waals surface area contributed by atoms with Gasteiger partial charge in [-0.1, -0.05) is 43.2 Å². The van der Waals surface area contributed by atoms with Crippen LogP contribution in [0.3, 0.4) is 0 Å². The average Bonchev–Trinajstić information content (AvgIpc) is 3.11. The zero-order valence-corrected chi connectivity index (χ0v) is 13.5. The highest BCUT2D eigenvalue weighted by molar-refractivity contribution is 6.39. The third kappa shape index (κ3) is 3.62. The van der Waals surface area contributed by atoms with Crippen LogP contribution >= 0.6 is 0 Å². The molecule has 3 rings (SSSR count). The minimum atomic E-state index is -0.651. The number of hydrogen-bond donors (Lipinski definition) is 2. The van der Waals surface area contributed by atoms with E-state index in [0.717, 1.165) is 25.7 Å². The first-order valence-electron chi connectivity index (χ1n) is 8.24. The third-order valence-corrected chi connectivity index (χ3v) is 4.68. The lowest BCUT2D eigenvalue weighted by atomic mass is 9.79. The van der Waals surface area contributed by atoms with Crippen molar-refractivity contribution in [3.05, 3.63) is 60.4 Å². The Labute approximate surface area is 141 Å². The van der Waals surface area contributed by atoms with Gasteiger partial charge in [0.1, 0.15) is 0 Å². The molecule has 0 aliphatic heterocycles. The highest BCUT2D eigenvalue weighted by atomic mass is 16.2. The van der Waals surface area contributed by atoms with E-state index >= 15 is 0 Å². The first kappa shape index (κ1) is 16.2. The number of hydrogen-bond acceptors (Lipinski definition) is 3. The summed E-state index contributed by atoms with van der Waals surface area (Å²) in [4.78, 5) is 28.0. The van der Waals surface area contributed by atoms with E-state index in [1.807, 2.05) is 18.2 Å². The van der Waals surface area contributed by atoms with Crippen LogP contribution in [0, 0.1) is 0 Å². The van der Waals surface area contributed by atoms with Crippen molar-refractivity contribution in [2.45, 2.75) is 31.1 Å². The van der Waals surface area contributed by atoms with Gasteiger partial charge in [-0.25, -0.2) is 0 Å². The number of carbonyl (C=O) groups is 2. The molecule has 1 aliphatic rings. The van der Waals surface area contributed by atoms with Gasteiger partial charge in [0.05, 0.1) is 0 Å². The van der Waals surface area contributed by atoms with E-state index in [-0.39, 0.29) is 5.41 Å². The molecule has 24 heavy (non-hydrogen) atoms. The molecule has 1 aromatic carbocycles. The molecule has 0 bridgehead atoms. The molecule has 0 unspecified atom stereocenters. The molecule has 0 saturated heterocycles. The molecule has 1 aromatic heterocycles. The van der Waals surface area contributed by atoms with Crippen LogP contribution in [0.1, 0.15) is 31.2 Å². The Morgan fingerprint density at radius 1 is 0.958 bits per heavy atom. The molecule has 0 radical (unpaired) electrons. The Hall–Kier alpha value is -2.69. The second-order valence-electron chi connectivity index (χ2n) is 6.23. The normalized spacial score (nSPS) is 15.7. The maximum Gasteiger partial charge on any atom is 0.313 e. The van der Waals surface area contributed by atoms with Gasteiger partial charge < -0.3 is 10.6 Å². The zero-order chi connectivity index (χ0) is 16.8. The Kier molecular flexibility index (Phi) is 4.89. The van der Waals surface area contributed by atoms with Crippen molar-refractivity contribution in [1.29, 1.82) is 0 Å². The summed E-state index contributed by atoms with van der Waals surface area (Å²) in [5.74, 6) is -1.25. The molecule has 1 aliphatic carbocycles. The van der Waals surface area contributed by atoms with Gasteiger partial charge >= 0.3 is 11.8 Å². The quantitative estimate of drug-likeness (QED) is 0.850. The van der Waals surface area contributed by atoms with Crippen molar-refractivity contribution in [2.24, 2.45) is 0 Å². The van der Waals surface area contributed by atoms with Crippen LogP contribution in [0.15, 0.2) is 54.9 Å². The van der Waals surface area contributed by atoms with E-state index in [1.165, 1.54) is 5.56 Å². The number of nitrogens with one attached hydrogen (secondary N) is 2. The molecule has 2 amide bonds. The van der Waals surface area contributed by atoms with Crippen LogP contribution in [-0.4, -0.2) is 23.3 Å². The van der Waals surface area contributed by atoms with Gasteiger partial charge in [0.2, 0.25) is 0 Å². The smallest absolute Gasteiger partial charge is 0.313 e.